The number of hydrogen-bond donors (Lipinski definition) is 2. The Bertz CT molecular complexity index is 188. The smallest absolute Gasteiger partial charge is 0.0841 e. The third-order valence-electron chi connectivity index (χ3n) is 4.72. The van der Waals surface area contributed by atoms with Crippen molar-refractivity contribution in [3.63, 3.8) is 0 Å². The summed E-state index contributed by atoms with van der Waals surface area (Å²) < 4.78 is 5.84. The van der Waals surface area contributed by atoms with Crippen molar-refractivity contribution in [3.05, 3.63) is 0 Å². The second-order valence-corrected chi connectivity index (χ2v) is 5.37. The van der Waals surface area contributed by atoms with E-state index in [1.54, 1.807) is 0 Å². The van der Waals surface area contributed by atoms with Crippen LogP contribution >= 0.6 is 0 Å². The lowest BCUT2D eigenvalue weighted by atomic mass is 9.77. The molecule has 0 aromatic heterocycles. The highest BCUT2D eigenvalue weighted by Gasteiger charge is 2.39. The fourth-order valence-electron chi connectivity index (χ4n) is 3.47. The monoisotopic (exact) mass is 242 g/mol. The van der Waals surface area contributed by atoms with Gasteiger partial charge in [0.15, 0.2) is 0 Å². The molecule has 1 rings (SSSR count). The van der Waals surface area contributed by atoms with Crippen molar-refractivity contribution < 1.29 is 4.74 Å². The van der Waals surface area contributed by atoms with Gasteiger partial charge < -0.3 is 4.74 Å². The van der Waals surface area contributed by atoms with E-state index in [1.165, 1.54) is 38.5 Å². The van der Waals surface area contributed by atoms with Crippen LogP contribution in [0.2, 0.25) is 0 Å². The quantitative estimate of drug-likeness (QED) is 0.427. The molecule has 1 atom stereocenters. The number of nitrogens with two attached hydrogens (primary N) is 1. The molecule has 0 saturated heterocycles. The molecule has 0 spiro atoms. The first-order valence-electron chi connectivity index (χ1n) is 7.25. The van der Waals surface area contributed by atoms with E-state index in [4.69, 9.17) is 10.6 Å². The lowest BCUT2D eigenvalue weighted by Crippen LogP contribution is -2.57. The molecule has 1 aliphatic rings. The number of hydrogen-bond acceptors (Lipinski definition) is 3. The Labute approximate surface area is 106 Å². The van der Waals surface area contributed by atoms with E-state index in [2.05, 4.69) is 19.3 Å². The van der Waals surface area contributed by atoms with Crippen molar-refractivity contribution >= 4 is 0 Å². The van der Waals surface area contributed by atoms with Crippen molar-refractivity contribution in [2.24, 2.45) is 11.8 Å². The summed E-state index contributed by atoms with van der Waals surface area (Å²) >= 11 is 0. The van der Waals surface area contributed by atoms with Gasteiger partial charge in [-0.25, -0.2) is 0 Å². The summed E-state index contributed by atoms with van der Waals surface area (Å²) in [6.07, 6.45) is 10.1. The molecule has 0 amide bonds. The van der Waals surface area contributed by atoms with E-state index in [0.717, 1.165) is 12.8 Å². The Morgan fingerprint density at radius 2 is 1.71 bits per heavy atom. The molecule has 0 bridgehead atoms. The molecule has 1 aliphatic carbocycles. The Hall–Kier alpha value is -0.120. The van der Waals surface area contributed by atoms with Crippen LogP contribution in [0.3, 0.4) is 0 Å². The molecular formula is C14H30N2O. The zero-order valence-corrected chi connectivity index (χ0v) is 11.8. The average Bonchev–Trinajstić information content (AvgIpc) is 2.65. The molecule has 102 valence electrons. The fourth-order valence-corrected chi connectivity index (χ4v) is 3.47. The first-order valence-corrected chi connectivity index (χ1v) is 7.25. The summed E-state index contributed by atoms with van der Waals surface area (Å²) in [5.41, 5.74) is 2.97. The summed E-state index contributed by atoms with van der Waals surface area (Å²) in [6, 6.07) is 0.292. The predicted octanol–water partition coefficient (Wildman–Crippen LogP) is 2.99. The number of nitrogens with one attached hydrogen (secondary N) is 1. The van der Waals surface area contributed by atoms with Crippen LogP contribution in [-0.2, 0) is 4.74 Å². The van der Waals surface area contributed by atoms with Crippen molar-refractivity contribution in [2.75, 3.05) is 7.11 Å². The molecule has 1 saturated carbocycles. The molecule has 1 fully saturated rings. The van der Waals surface area contributed by atoms with Gasteiger partial charge in [0.25, 0.3) is 0 Å². The van der Waals surface area contributed by atoms with E-state index in [1.807, 2.05) is 7.11 Å². The molecule has 3 heteroatoms. The van der Waals surface area contributed by atoms with Crippen LogP contribution in [-0.4, -0.2) is 18.8 Å². The van der Waals surface area contributed by atoms with Gasteiger partial charge in [0.1, 0.15) is 0 Å². The number of ether oxygens (including phenoxy) is 1. The Morgan fingerprint density at radius 1 is 1.18 bits per heavy atom. The van der Waals surface area contributed by atoms with Gasteiger partial charge in [0, 0.05) is 7.11 Å². The number of rotatable bonds is 6. The molecule has 3 N–H and O–H groups in total. The topological polar surface area (TPSA) is 47.3 Å². The standard InChI is InChI=1S/C14H30N2O/c1-4-14(5-2,17-3)13(16-15)12-10-8-6-7-9-11-12/h12-13,16H,4-11,15H2,1-3H3. The molecule has 0 aromatic carbocycles. The zero-order chi connectivity index (χ0) is 12.7. The molecule has 0 aromatic rings. The number of methoxy groups -OCH3 is 1. The summed E-state index contributed by atoms with van der Waals surface area (Å²) in [5.74, 6) is 6.51. The van der Waals surface area contributed by atoms with Gasteiger partial charge >= 0.3 is 0 Å². The van der Waals surface area contributed by atoms with Crippen LogP contribution in [0.4, 0.5) is 0 Å². The minimum atomic E-state index is -0.0935. The fraction of sp³-hybridized carbons (Fsp3) is 1.00. The minimum absolute atomic E-state index is 0.0935. The van der Waals surface area contributed by atoms with Crippen molar-refractivity contribution in [2.45, 2.75) is 76.9 Å². The van der Waals surface area contributed by atoms with E-state index in [-0.39, 0.29) is 5.60 Å². The number of hydrazine groups is 1. The molecule has 0 heterocycles. The van der Waals surface area contributed by atoms with Gasteiger partial charge in [-0.3, -0.25) is 11.3 Å². The molecule has 1 unspecified atom stereocenters. The Kier molecular flexibility index (Phi) is 6.45. The van der Waals surface area contributed by atoms with Gasteiger partial charge in [0.2, 0.25) is 0 Å². The van der Waals surface area contributed by atoms with Gasteiger partial charge in [-0.05, 0) is 31.6 Å². The SMILES string of the molecule is CCC(CC)(OC)C(NN)C1CCCCCC1. The minimum Gasteiger partial charge on any atom is -0.377 e. The van der Waals surface area contributed by atoms with Crippen molar-refractivity contribution in [3.8, 4) is 0 Å². The van der Waals surface area contributed by atoms with Crippen LogP contribution < -0.4 is 11.3 Å². The summed E-state index contributed by atoms with van der Waals surface area (Å²) in [5, 5.41) is 0. The molecule has 0 aliphatic heterocycles. The highest BCUT2D eigenvalue weighted by Crippen LogP contribution is 2.34. The molecule has 0 radical (unpaired) electrons. The van der Waals surface area contributed by atoms with Crippen molar-refractivity contribution in [1.82, 2.24) is 5.43 Å². The molecule has 17 heavy (non-hydrogen) atoms. The van der Waals surface area contributed by atoms with E-state index >= 15 is 0 Å². The maximum absolute atomic E-state index is 5.84. The van der Waals surface area contributed by atoms with Crippen molar-refractivity contribution in [1.29, 1.82) is 0 Å². The lowest BCUT2D eigenvalue weighted by Gasteiger charge is -2.42. The maximum atomic E-state index is 5.84. The van der Waals surface area contributed by atoms with Crippen LogP contribution in [0.1, 0.15) is 65.2 Å². The van der Waals surface area contributed by atoms with Crippen LogP contribution in [0.15, 0.2) is 0 Å². The third-order valence-corrected chi connectivity index (χ3v) is 4.72. The first-order chi connectivity index (χ1) is 8.24. The second-order valence-electron chi connectivity index (χ2n) is 5.37. The molecule has 3 nitrogen and oxygen atoms in total. The largest absolute Gasteiger partial charge is 0.377 e. The highest BCUT2D eigenvalue weighted by atomic mass is 16.5. The predicted molar refractivity (Wildman–Crippen MR) is 72.6 cm³/mol. The third kappa shape index (κ3) is 3.43. The van der Waals surface area contributed by atoms with Crippen LogP contribution in [0.25, 0.3) is 0 Å². The van der Waals surface area contributed by atoms with E-state index < -0.39 is 0 Å². The van der Waals surface area contributed by atoms with Gasteiger partial charge in [-0.2, -0.15) is 0 Å². The molecular weight excluding hydrogens is 212 g/mol. The summed E-state index contributed by atoms with van der Waals surface area (Å²) in [6.45, 7) is 4.40. The first kappa shape index (κ1) is 14.9. The average molecular weight is 242 g/mol. The maximum Gasteiger partial charge on any atom is 0.0841 e. The van der Waals surface area contributed by atoms with Gasteiger partial charge in [-0.15, -0.1) is 0 Å². The Morgan fingerprint density at radius 3 is 2.06 bits per heavy atom. The highest BCUT2D eigenvalue weighted by molar-refractivity contribution is 4.94. The van der Waals surface area contributed by atoms with E-state index in [0.29, 0.717) is 12.0 Å². The normalized spacial score (nSPS) is 21.2. The van der Waals surface area contributed by atoms with Crippen LogP contribution in [0.5, 0.6) is 0 Å². The summed E-state index contributed by atoms with van der Waals surface area (Å²) in [4.78, 5) is 0. The zero-order valence-electron chi connectivity index (χ0n) is 11.8. The second kappa shape index (κ2) is 7.34. The van der Waals surface area contributed by atoms with Gasteiger partial charge in [-0.1, -0.05) is 39.5 Å². The van der Waals surface area contributed by atoms with E-state index in [9.17, 15) is 0 Å². The lowest BCUT2D eigenvalue weighted by molar-refractivity contribution is -0.0648. The Balaban J connectivity index is 2.78. The van der Waals surface area contributed by atoms with Gasteiger partial charge in [0.05, 0.1) is 11.6 Å². The van der Waals surface area contributed by atoms with Crippen LogP contribution in [0, 0.1) is 5.92 Å². The summed E-state index contributed by atoms with van der Waals surface area (Å²) in [7, 11) is 1.83.